The summed E-state index contributed by atoms with van der Waals surface area (Å²) >= 11 is 0. The van der Waals surface area contributed by atoms with Crippen LogP contribution in [0.2, 0.25) is 0 Å². The zero-order chi connectivity index (χ0) is 24.7. The highest BCUT2D eigenvalue weighted by molar-refractivity contribution is 5.97. The lowest BCUT2D eigenvalue weighted by molar-refractivity contribution is 0.0149. The summed E-state index contributed by atoms with van der Waals surface area (Å²) in [4.78, 5) is 41.9. The summed E-state index contributed by atoms with van der Waals surface area (Å²) < 4.78 is 8.17. The van der Waals surface area contributed by atoms with Crippen LogP contribution < -0.4 is 21.9 Å². The smallest absolute Gasteiger partial charge is 0.317 e. The Morgan fingerprint density at radius 2 is 2.06 bits per heavy atom. The van der Waals surface area contributed by atoms with E-state index in [1.54, 1.807) is 22.8 Å². The van der Waals surface area contributed by atoms with Crippen molar-refractivity contribution in [2.75, 3.05) is 18.5 Å². The molecule has 2 aliphatic rings. The fourth-order valence-electron chi connectivity index (χ4n) is 4.36. The maximum atomic E-state index is 13.4. The number of primary amides is 1. The third kappa shape index (κ3) is 4.44. The zero-order valence-corrected chi connectivity index (χ0v) is 19.3. The quantitative estimate of drug-likeness (QED) is 0.414. The highest BCUT2D eigenvalue weighted by Gasteiger charge is 2.33. The lowest BCUT2D eigenvalue weighted by Crippen LogP contribution is -2.36. The summed E-state index contributed by atoms with van der Waals surface area (Å²) in [5, 5.41) is 20.9. The number of rotatable bonds is 6. The predicted octanol–water partition coefficient (Wildman–Crippen LogP) is 1.46. The van der Waals surface area contributed by atoms with Gasteiger partial charge >= 0.3 is 6.03 Å². The molecule has 1 saturated carbocycles. The second-order valence-electron chi connectivity index (χ2n) is 9.45. The van der Waals surface area contributed by atoms with Crippen molar-refractivity contribution in [3.63, 3.8) is 0 Å². The number of pyridine rings is 1. The van der Waals surface area contributed by atoms with E-state index in [4.69, 9.17) is 10.5 Å². The first-order valence-corrected chi connectivity index (χ1v) is 11.5. The molecule has 2 fully saturated rings. The van der Waals surface area contributed by atoms with Crippen LogP contribution in [0.25, 0.3) is 16.9 Å². The van der Waals surface area contributed by atoms with Crippen molar-refractivity contribution in [2.24, 2.45) is 11.1 Å². The average Bonchev–Trinajstić information content (AvgIpc) is 3.51. The maximum absolute atomic E-state index is 13.4. The number of amides is 3. The summed E-state index contributed by atoms with van der Waals surface area (Å²) in [6.45, 7) is 3.61. The first-order chi connectivity index (χ1) is 16.8. The summed E-state index contributed by atoms with van der Waals surface area (Å²) in [6.07, 6.45) is 4.67. The molecule has 3 aromatic heterocycles. The number of aromatic hydroxyl groups is 1. The van der Waals surface area contributed by atoms with Gasteiger partial charge in [0.15, 0.2) is 5.56 Å². The number of carbonyl (C=O) groups excluding carboxylic acids is 2. The molecule has 1 aliphatic heterocycles. The van der Waals surface area contributed by atoms with Crippen molar-refractivity contribution >= 4 is 23.4 Å². The van der Waals surface area contributed by atoms with Gasteiger partial charge in [-0.15, -0.1) is 0 Å². The number of aromatic nitrogens is 4. The third-order valence-electron chi connectivity index (χ3n) is 6.56. The lowest BCUT2D eigenvalue weighted by atomic mass is 9.82. The molecule has 3 amide bonds. The summed E-state index contributed by atoms with van der Waals surface area (Å²) in [7, 11) is 0. The number of nitrogens with zero attached hydrogens (tertiary/aromatic N) is 4. The Kier molecular flexibility index (Phi) is 5.67. The van der Waals surface area contributed by atoms with Crippen molar-refractivity contribution in [1.82, 2.24) is 24.5 Å². The molecule has 0 radical (unpaired) electrons. The first-order valence-electron chi connectivity index (χ1n) is 11.5. The van der Waals surface area contributed by atoms with Crippen molar-refractivity contribution in [3.05, 3.63) is 40.3 Å². The number of urea groups is 1. The highest BCUT2D eigenvalue weighted by Crippen LogP contribution is 2.35. The topological polar surface area (TPSA) is 166 Å². The van der Waals surface area contributed by atoms with Gasteiger partial charge in [0.05, 0.1) is 5.69 Å². The molecule has 1 aliphatic carbocycles. The molecular weight excluding hydrogens is 454 g/mol. The highest BCUT2D eigenvalue weighted by atomic mass is 16.5. The van der Waals surface area contributed by atoms with Crippen LogP contribution >= 0.6 is 0 Å². The van der Waals surface area contributed by atoms with Crippen molar-refractivity contribution in [1.29, 1.82) is 0 Å². The van der Waals surface area contributed by atoms with Gasteiger partial charge < -0.3 is 20.9 Å². The molecule has 1 saturated heterocycles. The van der Waals surface area contributed by atoms with Crippen LogP contribution in [0.5, 0.6) is 5.88 Å². The molecule has 35 heavy (non-hydrogen) atoms. The van der Waals surface area contributed by atoms with Crippen molar-refractivity contribution < 1.29 is 19.4 Å². The molecule has 0 aromatic carbocycles. The van der Waals surface area contributed by atoms with Crippen LogP contribution in [0.1, 0.15) is 43.0 Å². The number of carbonyl (C=O) groups is 2. The van der Waals surface area contributed by atoms with Crippen molar-refractivity contribution in [2.45, 2.75) is 45.2 Å². The van der Waals surface area contributed by atoms with E-state index in [9.17, 15) is 19.5 Å². The number of ether oxygens (including phenoxy) is 1. The number of hydrogen-bond acceptors (Lipinski definition) is 7. The first kappa shape index (κ1) is 22.8. The van der Waals surface area contributed by atoms with Gasteiger partial charge in [0.25, 0.3) is 11.5 Å². The molecular formula is C23H27N7O5. The van der Waals surface area contributed by atoms with E-state index in [2.05, 4.69) is 27.6 Å². The minimum Gasteiger partial charge on any atom is -0.494 e. The summed E-state index contributed by atoms with van der Waals surface area (Å²) in [5.74, 6) is -0.853. The molecule has 3 aromatic rings. The van der Waals surface area contributed by atoms with Crippen LogP contribution in [0.4, 0.5) is 10.6 Å². The number of fused-ring (bicyclic) bond motifs is 1. The molecule has 0 bridgehead atoms. The van der Waals surface area contributed by atoms with Crippen LogP contribution in [0, 0.1) is 5.41 Å². The molecule has 12 nitrogen and oxygen atoms in total. The molecule has 5 N–H and O–H groups in total. The molecule has 4 heterocycles. The van der Waals surface area contributed by atoms with E-state index in [0.29, 0.717) is 36.7 Å². The van der Waals surface area contributed by atoms with Gasteiger partial charge in [-0.2, -0.15) is 9.61 Å². The number of nitrogens with one attached hydrogen (secondary N) is 2. The average molecular weight is 482 g/mol. The Bertz CT molecular complexity index is 1370. The Balaban J connectivity index is 1.69. The van der Waals surface area contributed by atoms with E-state index >= 15 is 0 Å². The van der Waals surface area contributed by atoms with Crippen LogP contribution in [-0.4, -0.2) is 55.5 Å². The van der Waals surface area contributed by atoms with Gasteiger partial charge in [0.1, 0.15) is 11.5 Å². The van der Waals surface area contributed by atoms with E-state index in [0.717, 1.165) is 30.2 Å². The number of nitrogens with two attached hydrogens (primary N) is 1. The lowest BCUT2D eigenvalue weighted by Gasteiger charge is -2.34. The molecule has 0 spiro atoms. The second-order valence-corrected chi connectivity index (χ2v) is 9.45. The SMILES string of the molecule is CC1(Cn2c(O)c(C(=O)NC3CC3)c(=O)n3nc(-c4cccnc4NC(N)=O)cc23)CCOCC1. The van der Waals surface area contributed by atoms with Crippen LogP contribution in [0.3, 0.4) is 0 Å². The number of hydrogen-bond donors (Lipinski definition) is 4. The third-order valence-corrected chi connectivity index (χ3v) is 6.56. The zero-order valence-electron chi connectivity index (χ0n) is 19.3. The molecule has 0 atom stereocenters. The monoisotopic (exact) mass is 481 g/mol. The van der Waals surface area contributed by atoms with Gasteiger partial charge in [0.2, 0.25) is 5.88 Å². The van der Waals surface area contributed by atoms with Gasteiger partial charge in [0, 0.05) is 43.6 Å². The van der Waals surface area contributed by atoms with E-state index in [1.807, 2.05) is 0 Å². The minimum absolute atomic E-state index is 0.00413. The Hall–Kier alpha value is -3.93. The van der Waals surface area contributed by atoms with Crippen LogP contribution in [-0.2, 0) is 11.3 Å². The standard InChI is InChI=1S/C23H27N7O5/c1-23(6-9-35-10-7-23)12-29-16-11-15(14-3-2-8-25-18(14)27-22(24)34)28-30(16)21(33)17(20(29)32)19(31)26-13-4-5-13/h2-3,8,11,13,32H,4-7,9-10,12H2,1H3,(H,26,31)(H3,24,25,27,34). The van der Waals surface area contributed by atoms with Gasteiger partial charge in [-0.3, -0.25) is 19.5 Å². The maximum Gasteiger partial charge on any atom is 0.317 e. The van der Waals surface area contributed by atoms with Gasteiger partial charge in [-0.05, 0) is 43.2 Å². The summed E-state index contributed by atoms with van der Waals surface area (Å²) in [5.41, 5.74) is 5.03. The number of anilines is 1. The second kappa shape index (κ2) is 8.69. The molecule has 12 heteroatoms. The molecule has 5 rings (SSSR count). The normalized spacial score (nSPS) is 17.3. The predicted molar refractivity (Wildman–Crippen MR) is 126 cm³/mol. The van der Waals surface area contributed by atoms with Crippen LogP contribution in [0.15, 0.2) is 29.2 Å². The molecule has 184 valence electrons. The Labute approximate surface area is 200 Å². The fraction of sp³-hybridized carbons (Fsp3) is 0.435. The fourth-order valence-corrected chi connectivity index (χ4v) is 4.36. The van der Waals surface area contributed by atoms with E-state index in [1.165, 1.54) is 6.20 Å². The van der Waals surface area contributed by atoms with Gasteiger partial charge in [-0.1, -0.05) is 6.92 Å². The van der Waals surface area contributed by atoms with E-state index in [-0.39, 0.29) is 22.8 Å². The van der Waals surface area contributed by atoms with Crippen molar-refractivity contribution in [3.8, 4) is 17.1 Å². The minimum atomic E-state index is -0.794. The Morgan fingerprint density at radius 1 is 1.31 bits per heavy atom. The Morgan fingerprint density at radius 3 is 2.74 bits per heavy atom. The molecule has 0 unspecified atom stereocenters. The largest absolute Gasteiger partial charge is 0.494 e. The summed E-state index contributed by atoms with van der Waals surface area (Å²) in [6, 6.07) is 4.17. The van der Waals surface area contributed by atoms with Gasteiger partial charge in [-0.25, -0.2) is 9.78 Å². The van der Waals surface area contributed by atoms with E-state index < -0.39 is 23.4 Å².